The van der Waals surface area contributed by atoms with Crippen molar-refractivity contribution >= 4 is 11.8 Å². The molecule has 2 nitrogen and oxygen atoms in total. The van der Waals surface area contributed by atoms with E-state index in [1.165, 1.54) is 51.2 Å². The summed E-state index contributed by atoms with van der Waals surface area (Å²) < 4.78 is 0. The molecule has 2 unspecified atom stereocenters. The molecule has 0 radical (unpaired) electrons. The van der Waals surface area contributed by atoms with E-state index in [0.717, 1.165) is 5.25 Å². The van der Waals surface area contributed by atoms with Gasteiger partial charge in [-0.05, 0) is 25.8 Å². The van der Waals surface area contributed by atoms with Crippen LogP contribution in [-0.2, 0) is 0 Å². The second-order valence-corrected chi connectivity index (χ2v) is 6.63. The van der Waals surface area contributed by atoms with Gasteiger partial charge in [0.15, 0.2) is 0 Å². The Morgan fingerprint density at radius 3 is 3.00 bits per heavy atom. The lowest BCUT2D eigenvalue weighted by atomic mass is 9.93. The Bertz CT molecular complexity index is 202. The maximum atomic E-state index is 3.73. The number of nitrogens with zero attached hydrogens (tertiary/aromatic N) is 1. The monoisotopic (exact) mass is 228 g/mol. The quantitative estimate of drug-likeness (QED) is 0.795. The van der Waals surface area contributed by atoms with Gasteiger partial charge in [0.05, 0.1) is 0 Å². The van der Waals surface area contributed by atoms with Crippen LogP contribution < -0.4 is 5.32 Å². The molecule has 0 bridgehead atoms. The van der Waals surface area contributed by atoms with Gasteiger partial charge in [0.1, 0.15) is 0 Å². The van der Waals surface area contributed by atoms with Crippen molar-refractivity contribution in [3.8, 4) is 0 Å². The highest BCUT2D eigenvalue weighted by molar-refractivity contribution is 7.99. The Morgan fingerprint density at radius 1 is 1.53 bits per heavy atom. The van der Waals surface area contributed by atoms with Crippen LogP contribution in [0.25, 0.3) is 0 Å². The summed E-state index contributed by atoms with van der Waals surface area (Å²) in [6, 6.07) is 0. The number of rotatable bonds is 3. The van der Waals surface area contributed by atoms with E-state index in [1.54, 1.807) is 0 Å². The molecular weight excluding hydrogens is 204 g/mol. The van der Waals surface area contributed by atoms with Crippen molar-refractivity contribution in [2.24, 2.45) is 0 Å². The van der Waals surface area contributed by atoms with Crippen molar-refractivity contribution in [2.45, 2.75) is 43.9 Å². The minimum atomic E-state index is 0.446. The smallest absolute Gasteiger partial charge is 0.0306 e. The Labute approximate surface area is 98.2 Å². The number of thioether (sulfide) groups is 1. The molecule has 2 aliphatic rings. The van der Waals surface area contributed by atoms with Gasteiger partial charge in [0.25, 0.3) is 0 Å². The summed E-state index contributed by atoms with van der Waals surface area (Å²) >= 11 is 2.12. The topological polar surface area (TPSA) is 15.3 Å². The van der Waals surface area contributed by atoms with Gasteiger partial charge >= 0.3 is 0 Å². The largest absolute Gasteiger partial charge is 0.310 e. The van der Waals surface area contributed by atoms with Crippen LogP contribution in [-0.4, -0.2) is 47.6 Å². The first-order chi connectivity index (χ1) is 7.24. The van der Waals surface area contributed by atoms with Crippen LogP contribution in [0.2, 0.25) is 0 Å². The minimum Gasteiger partial charge on any atom is -0.310 e. The van der Waals surface area contributed by atoms with E-state index in [0.29, 0.717) is 5.54 Å². The molecule has 2 aliphatic heterocycles. The van der Waals surface area contributed by atoms with Gasteiger partial charge in [0, 0.05) is 36.2 Å². The molecule has 0 aliphatic carbocycles. The van der Waals surface area contributed by atoms with E-state index in [-0.39, 0.29) is 0 Å². The second kappa shape index (κ2) is 5.07. The highest BCUT2D eigenvalue weighted by Crippen LogP contribution is 2.26. The van der Waals surface area contributed by atoms with Gasteiger partial charge in [-0.2, -0.15) is 11.8 Å². The summed E-state index contributed by atoms with van der Waals surface area (Å²) in [5.74, 6) is 1.32. The summed E-state index contributed by atoms with van der Waals surface area (Å²) in [5.41, 5.74) is 0.446. The van der Waals surface area contributed by atoms with Crippen molar-refractivity contribution in [3.63, 3.8) is 0 Å². The van der Waals surface area contributed by atoms with Crippen molar-refractivity contribution in [1.82, 2.24) is 10.2 Å². The molecular formula is C12H24N2S. The third kappa shape index (κ3) is 2.89. The molecule has 2 rings (SSSR count). The number of nitrogens with one attached hydrogen (secondary N) is 1. The first-order valence-electron chi connectivity index (χ1n) is 6.33. The molecule has 0 aromatic rings. The minimum absolute atomic E-state index is 0.446. The molecule has 2 saturated heterocycles. The van der Waals surface area contributed by atoms with E-state index >= 15 is 0 Å². The summed E-state index contributed by atoms with van der Waals surface area (Å²) in [4.78, 5) is 2.67. The van der Waals surface area contributed by atoms with Gasteiger partial charge < -0.3 is 5.32 Å². The molecule has 1 N–H and O–H groups in total. The van der Waals surface area contributed by atoms with Crippen molar-refractivity contribution in [3.05, 3.63) is 0 Å². The van der Waals surface area contributed by atoms with Gasteiger partial charge in [0.2, 0.25) is 0 Å². The maximum Gasteiger partial charge on any atom is 0.0306 e. The SMILES string of the molecule is CCC1(CN2CCSC(C)C2)CCCN1. The van der Waals surface area contributed by atoms with E-state index < -0.39 is 0 Å². The lowest BCUT2D eigenvalue weighted by Crippen LogP contribution is -2.52. The average Bonchev–Trinajstić information content (AvgIpc) is 2.67. The standard InChI is InChI=1S/C12H24N2S/c1-3-12(5-4-6-13-12)10-14-7-8-15-11(2)9-14/h11,13H,3-10H2,1-2H3. The Hall–Kier alpha value is 0.270. The van der Waals surface area contributed by atoms with Crippen molar-refractivity contribution in [1.29, 1.82) is 0 Å². The Morgan fingerprint density at radius 2 is 2.40 bits per heavy atom. The zero-order valence-electron chi connectivity index (χ0n) is 10.1. The van der Waals surface area contributed by atoms with E-state index in [1.807, 2.05) is 0 Å². The highest BCUT2D eigenvalue weighted by atomic mass is 32.2. The number of hydrogen-bond donors (Lipinski definition) is 1. The summed E-state index contributed by atoms with van der Waals surface area (Å²) in [7, 11) is 0. The van der Waals surface area contributed by atoms with Crippen LogP contribution in [0.5, 0.6) is 0 Å². The zero-order chi connectivity index (χ0) is 10.7. The predicted molar refractivity (Wildman–Crippen MR) is 68.6 cm³/mol. The van der Waals surface area contributed by atoms with Crippen LogP contribution >= 0.6 is 11.8 Å². The fourth-order valence-corrected chi connectivity index (χ4v) is 3.96. The van der Waals surface area contributed by atoms with Crippen molar-refractivity contribution in [2.75, 3.05) is 31.9 Å². The summed E-state index contributed by atoms with van der Waals surface area (Å²) in [5, 5.41) is 4.56. The summed E-state index contributed by atoms with van der Waals surface area (Å²) in [6.45, 7) is 9.77. The van der Waals surface area contributed by atoms with Crippen LogP contribution in [0, 0.1) is 0 Å². The van der Waals surface area contributed by atoms with Crippen LogP contribution in [0.1, 0.15) is 33.1 Å². The van der Waals surface area contributed by atoms with Crippen LogP contribution in [0.15, 0.2) is 0 Å². The van der Waals surface area contributed by atoms with Gasteiger partial charge in [-0.1, -0.05) is 13.8 Å². The fraction of sp³-hybridized carbons (Fsp3) is 1.00. The Kier molecular flexibility index (Phi) is 3.97. The first-order valence-corrected chi connectivity index (χ1v) is 7.38. The molecule has 15 heavy (non-hydrogen) atoms. The molecule has 0 amide bonds. The van der Waals surface area contributed by atoms with Crippen molar-refractivity contribution < 1.29 is 0 Å². The normalized spacial score (nSPS) is 38.4. The van der Waals surface area contributed by atoms with Gasteiger partial charge in [-0.25, -0.2) is 0 Å². The predicted octanol–water partition coefficient (Wildman–Crippen LogP) is 1.96. The zero-order valence-corrected chi connectivity index (χ0v) is 10.9. The molecule has 88 valence electrons. The highest BCUT2D eigenvalue weighted by Gasteiger charge is 2.34. The van der Waals surface area contributed by atoms with E-state index in [2.05, 4.69) is 35.8 Å². The molecule has 3 heteroatoms. The lowest BCUT2D eigenvalue weighted by molar-refractivity contribution is 0.194. The summed E-state index contributed by atoms with van der Waals surface area (Å²) in [6.07, 6.45) is 4.03. The first kappa shape index (κ1) is 11.7. The van der Waals surface area contributed by atoms with Gasteiger partial charge in [-0.15, -0.1) is 0 Å². The fourth-order valence-electron chi connectivity index (χ4n) is 2.88. The molecule has 0 saturated carbocycles. The van der Waals surface area contributed by atoms with Gasteiger partial charge in [-0.3, -0.25) is 4.90 Å². The molecule has 2 heterocycles. The van der Waals surface area contributed by atoms with Crippen LogP contribution in [0.4, 0.5) is 0 Å². The third-order valence-electron chi connectivity index (χ3n) is 3.86. The second-order valence-electron chi connectivity index (χ2n) is 5.08. The molecule has 2 fully saturated rings. The maximum absolute atomic E-state index is 3.73. The van der Waals surface area contributed by atoms with E-state index in [4.69, 9.17) is 0 Å². The molecule has 0 spiro atoms. The molecule has 2 atom stereocenters. The lowest BCUT2D eigenvalue weighted by Gasteiger charge is -2.38. The average molecular weight is 228 g/mol. The molecule has 0 aromatic carbocycles. The molecule has 0 aromatic heterocycles. The van der Waals surface area contributed by atoms with E-state index in [9.17, 15) is 0 Å². The van der Waals surface area contributed by atoms with Crippen LogP contribution in [0.3, 0.4) is 0 Å². The Balaban J connectivity index is 1.88. The third-order valence-corrected chi connectivity index (χ3v) is 5.00. The number of hydrogen-bond acceptors (Lipinski definition) is 3.